The quantitative estimate of drug-likeness (QED) is 0.507. The van der Waals surface area contributed by atoms with Crippen LogP contribution in [0.5, 0.6) is 0 Å². The Morgan fingerprint density at radius 1 is 1.45 bits per heavy atom. The molecule has 64 valence electrons. The number of hydrogen-bond acceptors (Lipinski definition) is 1. The second-order valence-electron chi connectivity index (χ2n) is 3.76. The molecule has 0 unspecified atom stereocenters. The molecule has 0 aromatic heterocycles. The van der Waals surface area contributed by atoms with Crippen LogP contribution in [0.2, 0.25) is 19.6 Å². The Morgan fingerprint density at radius 3 is 2.27 bits per heavy atom. The largest absolute Gasteiger partial charge is 0.396 e. The van der Waals surface area contributed by atoms with E-state index in [1.807, 2.05) is 6.08 Å². The molecule has 0 rings (SSSR count). The predicted molar refractivity (Wildman–Crippen MR) is 53.3 cm³/mol. The van der Waals surface area contributed by atoms with E-state index in [-0.39, 0.29) is 6.61 Å². The van der Waals surface area contributed by atoms with Crippen molar-refractivity contribution in [3.8, 4) is 0 Å². The summed E-state index contributed by atoms with van der Waals surface area (Å²) < 4.78 is 0. The molecule has 0 spiro atoms. The van der Waals surface area contributed by atoms with Crippen LogP contribution in [0.25, 0.3) is 0 Å². The van der Waals surface area contributed by atoms with Gasteiger partial charge in [0.1, 0.15) is 0 Å². The third-order valence-electron chi connectivity index (χ3n) is 1.28. The molecule has 0 heterocycles. The Hall–Kier alpha value is -0.343. The first-order valence-corrected chi connectivity index (χ1v) is 7.52. The molecule has 0 bridgehead atoms. The zero-order valence-electron chi connectivity index (χ0n) is 7.72. The Bertz CT molecular complexity index is 153. The van der Waals surface area contributed by atoms with Gasteiger partial charge >= 0.3 is 0 Å². The van der Waals surface area contributed by atoms with Gasteiger partial charge in [0.05, 0.1) is 8.07 Å². The number of aliphatic hydroxyl groups excluding tert-OH is 1. The highest BCUT2D eigenvalue weighted by atomic mass is 28.3. The maximum atomic E-state index is 8.69. The fraction of sp³-hybridized carbons (Fsp3) is 0.556. The fourth-order valence-electron chi connectivity index (χ4n) is 0.918. The summed E-state index contributed by atoms with van der Waals surface area (Å²) in [7, 11) is -1.12. The Labute approximate surface area is 70.5 Å². The lowest BCUT2D eigenvalue weighted by Gasteiger charge is -2.11. The minimum Gasteiger partial charge on any atom is -0.396 e. The van der Waals surface area contributed by atoms with Crippen LogP contribution in [0.1, 0.15) is 6.42 Å². The van der Waals surface area contributed by atoms with E-state index < -0.39 is 8.07 Å². The molecule has 0 aliphatic heterocycles. The molecule has 0 fully saturated rings. The van der Waals surface area contributed by atoms with Gasteiger partial charge in [0.15, 0.2) is 0 Å². The van der Waals surface area contributed by atoms with Gasteiger partial charge in [-0.25, -0.2) is 0 Å². The molecule has 11 heavy (non-hydrogen) atoms. The summed E-state index contributed by atoms with van der Waals surface area (Å²) in [4.78, 5) is 0. The SMILES string of the molecule is C=C/C(=C\[Si](C)(C)C)CCO. The van der Waals surface area contributed by atoms with E-state index >= 15 is 0 Å². The molecule has 1 nitrogen and oxygen atoms in total. The molecular weight excluding hydrogens is 152 g/mol. The molecule has 0 saturated carbocycles. The van der Waals surface area contributed by atoms with Crippen molar-refractivity contribution >= 4 is 8.07 Å². The van der Waals surface area contributed by atoms with Crippen LogP contribution in [0.3, 0.4) is 0 Å². The summed E-state index contributed by atoms with van der Waals surface area (Å²) in [6.07, 6.45) is 2.59. The van der Waals surface area contributed by atoms with Gasteiger partial charge in [-0.1, -0.05) is 43.6 Å². The Kier molecular flexibility index (Phi) is 4.38. The third-order valence-corrected chi connectivity index (χ3v) is 2.52. The number of hydrogen-bond donors (Lipinski definition) is 1. The molecule has 0 aliphatic rings. The lowest BCUT2D eigenvalue weighted by atomic mass is 10.2. The molecule has 2 heteroatoms. The second-order valence-corrected chi connectivity index (χ2v) is 8.78. The number of rotatable bonds is 4. The summed E-state index contributed by atoms with van der Waals surface area (Å²) in [5, 5.41) is 8.69. The van der Waals surface area contributed by atoms with Crippen molar-refractivity contribution in [2.24, 2.45) is 0 Å². The topological polar surface area (TPSA) is 20.2 Å². The summed E-state index contributed by atoms with van der Waals surface area (Å²) in [5.41, 5.74) is 3.46. The van der Waals surface area contributed by atoms with Crippen molar-refractivity contribution in [3.05, 3.63) is 23.9 Å². The van der Waals surface area contributed by atoms with Gasteiger partial charge in [-0.05, 0) is 6.42 Å². The first-order chi connectivity index (χ1) is 4.99. The van der Waals surface area contributed by atoms with E-state index in [9.17, 15) is 0 Å². The van der Waals surface area contributed by atoms with Gasteiger partial charge in [0.2, 0.25) is 0 Å². The highest BCUT2D eigenvalue weighted by Crippen LogP contribution is 2.10. The summed E-state index contributed by atoms with van der Waals surface area (Å²) in [5.74, 6) is 0. The van der Waals surface area contributed by atoms with Gasteiger partial charge in [0, 0.05) is 6.61 Å². The average Bonchev–Trinajstić information content (AvgIpc) is 1.84. The van der Waals surface area contributed by atoms with Gasteiger partial charge < -0.3 is 5.11 Å². The smallest absolute Gasteiger partial charge is 0.0690 e. The van der Waals surface area contributed by atoms with Crippen molar-refractivity contribution < 1.29 is 5.11 Å². The second kappa shape index (κ2) is 4.52. The van der Waals surface area contributed by atoms with Crippen molar-refractivity contribution in [2.75, 3.05) is 6.61 Å². The van der Waals surface area contributed by atoms with Crippen LogP contribution >= 0.6 is 0 Å². The standard InChI is InChI=1S/C9H18OSi/c1-5-9(6-7-10)8-11(2,3)4/h5,8,10H,1,6-7H2,2-4H3/b9-8+. The molecule has 0 aromatic rings. The van der Waals surface area contributed by atoms with Crippen LogP contribution in [0.4, 0.5) is 0 Å². The molecule has 0 amide bonds. The molecule has 0 radical (unpaired) electrons. The van der Waals surface area contributed by atoms with E-state index in [2.05, 4.69) is 31.9 Å². The first kappa shape index (κ1) is 10.7. The van der Waals surface area contributed by atoms with Gasteiger partial charge in [-0.3, -0.25) is 0 Å². The monoisotopic (exact) mass is 170 g/mol. The Balaban J connectivity index is 4.23. The number of aliphatic hydroxyl groups is 1. The van der Waals surface area contributed by atoms with Crippen LogP contribution in [0.15, 0.2) is 23.9 Å². The zero-order valence-corrected chi connectivity index (χ0v) is 8.72. The van der Waals surface area contributed by atoms with E-state index in [0.29, 0.717) is 0 Å². The molecule has 0 aliphatic carbocycles. The fourth-order valence-corrected chi connectivity index (χ4v) is 2.29. The summed E-state index contributed by atoms with van der Waals surface area (Å²) in [6.45, 7) is 10.7. The minimum atomic E-state index is -1.12. The van der Waals surface area contributed by atoms with E-state index in [1.165, 1.54) is 5.57 Å². The first-order valence-electron chi connectivity index (χ1n) is 3.94. The lowest BCUT2D eigenvalue weighted by molar-refractivity contribution is 0.300. The molecule has 0 atom stereocenters. The molecule has 0 aromatic carbocycles. The predicted octanol–water partition coefficient (Wildman–Crippen LogP) is 2.36. The molecular formula is C9H18OSi. The van der Waals surface area contributed by atoms with Gasteiger partial charge in [0.25, 0.3) is 0 Å². The maximum Gasteiger partial charge on any atom is 0.0690 e. The normalized spacial score (nSPS) is 13.3. The van der Waals surface area contributed by atoms with Crippen LogP contribution in [-0.4, -0.2) is 19.8 Å². The van der Waals surface area contributed by atoms with E-state index in [0.717, 1.165) is 6.42 Å². The van der Waals surface area contributed by atoms with Crippen molar-refractivity contribution in [1.82, 2.24) is 0 Å². The molecule has 0 saturated heterocycles. The van der Waals surface area contributed by atoms with Crippen LogP contribution in [0, 0.1) is 0 Å². The lowest BCUT2D eigenvalue weighted by Crippen LogP contribution is -2.16. The van der Waals surface area contributed by atoms with Crippen LogP contribution in [-0.2, 0) is 0 Å². The van der Waals surface area contributed by atoms with Gasteiger partial charge in [-0.2, -0.15) is 0 Å². The Morgan fingerprint density at radius 2 is 2.00 bits per heavy atom. The number of allylic oxidation sites excluding steroid dienone is 1. The van der Waals surface area contributed by atoms with Crippen molar-refractivity contribution in [2.45, 2.75) is 26.1 Å². The summed E-state index contributed by atoms with van der Waals surface area (Å²) >= 11 is 0. The minimum absolute atomic E-state index is 0.225. The maximum absolute atomic E-state index is 8.69. The van der Waals surface area contributed by atoms with Crippen molar-refractivity contribution in [1.29, 1.82) is 0 Å². The third kappa shape index (κ3) is 6.07. The van der Waals surface area contributed by atoms with Crippen molar-refractivity contribution in [3.63, 3.8) is 0 Å². The zero-order chi connectivity index (χ0) is 8.91. The van der Waals surface area contributed by atoms with E-state index in [4.69, 9.17) is 5.11 Å². The van der Waals surface area contributed by atoms with Gasteiger partial charge in [-0.15, -0.1) is 0 Å². The van der Waals surface area contributed by atoms with E-state index in [1.54, 1.807) is 0 Å². The highest BCUT2D eigenvalue weighted by molar-refractivity contribution is 6.81. The van der Waals surface area contributed by atoms with Crippen LogP contribution < -0.4 is 0 Å². The molecule has 1 N–H and O–H groups in total. The average molecular weight is 170 g/mol. The summed E-state index contributed by atoms with van der Waals surface area (Å²) in [6, 6.07) is 0. The highest BCUT2D eigenvalue weighted by Gasteiger charge is 2.08.